The molecule has 0 aliphatic carbocycles. The minimum atomic E-state index is -1.81. The Labute approximate surface area is 350 Å². The number of hydrogen-bond donors (Lipinski definition) is 12. The molecule has 4 rings (SSSR count). The van der Waals surface area contributed by atoms with Crippen LogP contribution in [0.1, 0.15) is 56.5 Å². The first-order chi connectivity index (χ1) is 29.2. The number of aliphatic hydroxyl groups excluding tert-OH is 1. The molecule has 0 radical (unpaired) electrons. The molecule has 8 atom stereocenters. The molecule has 12 N–H and O–H groups in total. The second-order valence-electron chi connectivity index (χ2n) is 14.7. The highest BCUT2D eigenvalue weighted by Gasteiger charge is 2.36. The molecule has 61 heavy (non-hydrogen) atoms. The molecular formula is C39H53N11O11. The van der Waals surface area contributed by atoms with Gasteiger partial charge in [-0.3, -0.25) is 33.6 Å². The van der Waals surface area contributed by atoms with Gasteiger partial charge >= 0.3 is 11.9 Å². The zero-order valence-corrected chi connectivity index (χ0v) is 33.7. The fraction of sp³-hybridized carbons (Fsp3) is 0.487. The van der Waals surface area contributed by atoms with Crippen molar-refractivity contribution >= 4 is 47.4 Å². The van der Waals surface area contributed by atoms with Crippen LogP contribution in [0.5, 0.6) is 0 Å². The Morgan fingerprint density at radius 3 is 1.69 bits per heavy atom. The highest BCUT2D eigenvalue weighted by Crippen LogP contribution is 2.12. The first-order valence-electron chi connectivity index (χ1n) is 19.8. The Bertz CT molecular complexity index is 1940. The zero-order valence-electron chi connectivity index (χ0n) is 33.7. The van der Waals surface area contributed by atoms with Crippen LogP contribution in [0.2, 0.25) is 0 Å². The number of benzene rings is 1. The molecule has 22 nitrogen and oxygen atoms in total. The van der Waals surface area contributed by atoms with E-state index in [1.807, 2.05) is 6.07 Å². The number of hydrogen-bond acceptors (Lipinski definition) is 12. The van der Waals surface area contributed by atoms with E-state index in [-0.39, 0.29) is 25.2 Å². The molecule has 6 amide bonds. The summed E-state index contributed by atoms with van der Waals surface area (Å²) in [5, 5.41) is 46.9. The number of carbonyl (C=O) groups is 8. The number of carbonyl (C=O) groups excluding carboxylic acids is 6. The number of carboxylic acids is 2. The molecule has 0 unspecified atom stereocenters. The number of amides is 6. The van der Waals surface area contributed by atoms with E-state index in [0.29, 0.717) is 30.8 Å². The third-order valence-electron chi connectivity index (χ3n) is 10.1. The maximum Gasteiger partial charge on any atom is 0.326 e. The standard InChI is InChI=1S/C39H53N11O11/c1-3-21(2)32(38(59)48-29(39(60)61)15-31(52)53)50-37(58)30(18-51)49-36(57)28(14-24-17-41-20-44-24)47-35(56)27(13-23-16-40-19-43-23)46-34(55)26(12-22-8-5-4-6-9-22)45-33(54)25-10-7-11-42-25/h4-6,8-9,16-17,19-21,25-30,32,42,51H,3,7,10-15,18H2,1-2H3,(H,40,43)(H,41,44)(H,45,54)(H,46,55)(H,47,56)(H,48,59)(H,49,57)(H,50,58)(H,52,53)(H,60,61)/t21-,25-,26-,27-,28-,29-,30-,32-/m0/s1. The van der Waals surface area contributed by atoms with E-state index < -0.39 is 103 Å². The van der Waals surface area contributed by atoms with Crippen LogP contribution in [0.15, 0.2) is 55.4 Å². The molecule has 3 aromatic rings. The molecule has 0 saturated carbocycles. The normalized spacial score (nSPS) is 16.9. The number of rotatable bonds is 24. The largest absolute Gasteiger partial charge is 0.481 e. The zero-order chi connectivity index (χ0) is 44.5. The van der Waals surface area contributed by atoms with Gasteiger partial charge in [0.25, 0.3) is 0 Å². The van der Waals surface area contributed by atoms with Crippen LogP contribution in [-0.4, -0.2) is 138 Å². The molecule has 3 heterocycles. The number of imidazole rings is 2. The fourth-order valence-electron chi connectivity index (χ4n) is 6.49. The number of nitrogens with one attached hydrogen (secondary N) is 9. The highest BCUT2D eigenvalue weighted by atomic mass is 16.4. The molecule has 1 aromatic carbocycles. The summed E-state index contributed by atoms with van der Waals surface area (Å²) in [5.74, 6) is -8.62. The fourth-order valence-corrected chi connectivity index (χ4v) is 6.49. The van der Waals surface area contributed by atoms with Gasteiger partial charge in [-0.05, 0) is 30.9 Å². The van der Waals surface area contributed by atoms with E-state index in [9.17, 15) is 48.6 Å². The molecule has 0 bridgehead atoms. The second-order valence-corrected chi connectivity index (χ2v) is 14.7. The number of aliphatic hydroxyl groups is 1. The van der Waals surface area contributed by atoms with E-state index in [4.69, 9.17) is 5.11 Å². The summed E-state index contributed by atoms with van der Waals surface area (Å²) in [6, 6.07) is -0.318. The summed E-state index contributed by atoms with van der Waals surface area (Å²) in [4.78, 5) is 118. The van der Waals surface area contributed by atoms with Crippen LogP contribution in [0.4, 0.5) is 0 Å². The third kappa shape index (κ3) is 14.5. The number of nitrogens with zero attached hydrogens (tertiary/aromatic N) is 2. The second kappa shape index (κ2) is 23.2. The number of aromatic amines is 2. The van der Waals surface area contributed by atoms with Gasteiger partial charge < -0.3 is 62.5 Å². The van der Waals surface area contributed by atoms with Crippen LogP contribution in [-0.2, 0) is 57.6 Å². The molecule has 1 aliphatic rings. The molecule has 1 fully saturated rings. The van der Waals surface area contributed by atoms with E-state index >= 15 is 0 Å². The maximum atomic E-state index is 14.2. The van der Waals surface area contributed by atoms with Crippen LogP contribution >= 0.6 is 0 Å². The van der Waals surface area contributed by atoms with Crippen molar-refractivity contribution in [2.45, 2.75) is 101 Å². The van der Waals surface area contributed by atoms with Crippen molar-refractivity contribution in [3.8, 4) is 0 Å². The van der Waals surface area contributed by atoms with Crippen molar-refractivity contribution in [3.05, 3.63) is 72.3 Å². The van der Waals surface area contributed by atoms with Gasteiger partial charge in [0, 0.05) is 43.0 Å². The van der Waals surface area contributed by atoms with E-state index in [0.717, 1.165) is 12.0 Å². The van der Waals surface area contributed by atoms with Gasteiger partial charge in [-0.1, -0.05) is 50.6 Å². The molecule has 1 saturated heterocycles. The number of aromatic nitrogens is 4. The summed E-state index contributed by atoms with van der Waals surface area (Å²) >= 11 is 0. The van der Waals surface area contributed by atoms with Gasteiger partial charge in [-0.2, -0.15) is 0 Å². The highest BCUT2D eigenvalue weighted by molar-refractivity contribution is 5.97. The van der Waals surface area contributed by atoms with Crippen molar-refractivity contribution in [2.75, 3.05) is 13.2 Å². The summed E-state index contributed by atoms with van der Waals surface area (Å²) in [6.45, 7) is 2.94. The predicted molar refractivity (Wildman–Crippen MR) is 214 cm³/mol. The predicted octanol–water partition coefficient (Wildman–Crippen LogP) is -2.58. The molecular weight excluding hydrogens is 798 g/mol. The summed E-state index contributed by atoms with van der Waals surface area (Å²) < 4.78 is 0. The lowest BCUT2D eigenvalue weighted by Gasteiger charge is -2.28. The first kappa shape index (κ1) is 47.0. The van der Waals surface area contributed by atoms with Crippen LogP contribution in [0, 0.1) is 5.92 Å². The topological polar surface area (TPSA) is 339 Å². The SMILES string of the molecule is CC[C@H](C)[C@H](NC(=O)[C@H](CO)NC(=O)[C@H](Cc1cnc[nH]1)NC(=O)[C@H](Cc1cnc[nH]1)NC(=O)[C@H](Cc1ccccc1)NC(=O)[C@@H]1CCCN1)C(=O)N[C@@H](CC(=O)O)C(=O)O. The average molecular weight is 852 g/mol. The van der Waals surface area contributed by atoms with Gasteiger partial charge in [0.05, 0.1) is 31.7 Å². The van der Waals surface area contributed by atoms with E-state index in [1.165, 1.54) is 25.0 Å². The van der Waals surface area contributed by atoms with Gasteiger partial charge in [0.15, 0.2) is 0 Å². The smallest absolute Gasteiger partial charge is 0.326 e. The van der Waals surface area contributed by atoms with Gasteiger partial charge in [0.2, 0.25) is 35.4 Å². The average Bonchev–Trinajstić information content (AvgIpc) is 4.06. The number of carboxylic acid groups (broad SMARTS) is 2. The summed E-state index contributed by atoms with van der Waals surface area (Å²) in [7, 11) is 0. The summed E-state index contributed by atoms with van der Waals surface area (Å²) in [5.41, 5.74) is 1.58. The van der Waals surface area contributed by atoms with E-state index in [2.05, 4.69) is 57.2 Å². The monoisotopic (exact) mass is 851 g/mol. The van der Waals surface area contributed by atoms with Crippen LogP contribution in [0.3, 0.4) is 0 Å². The number of aliphatic carboxylic acids is 2. The van der Waals surface area contributed by atoms with Crippen molar-refractivity contribution in [1.29, 1.82) is 0 Å². The number of H-pyrrole nitrogens is 2. The Morgan fingerprint density at radius 1 is 0.705 bits per heavy atom. The van der Waals surface area contributed by atoms with Crippen molar-refractivity contribution in [2.24, 2.45) is 5.92 Å². The Balaban J connectivity index is 1.54. The molecule has 330 valence electrons. The molecule has 22 heteroatoms. The minimum absolute atomic E-state index is 0.0982. The molecule has 2 aromatic heterocycles. The summed E-state index contributed by atoms with van der Waals surface area (Å²) in [6.07, 6.45) is 6.07. The van der Waals surface area contributed by atoms with Crippen LogP contribution < -0.4 is 37.2 Å². The van der Waals surface area contributed by atoms with Gasteiger partial charge in [-0.25, -0.2) is 14.8 Å². The lowest BCUT2D eigenvalue weighted by Crippen LogP contribution is -2.61. The maximum absolute atomic E-state index is 14.2. The van der Waals surface area contributed by atoms with Gasteiger partial charge in [-0.15, -0.1) is 0 Å². The van der Waals surface area contributed by atoms with Crippen LogP contribution in [0.25, 0.3) is 0 Å². The van der Waals surface area contributed by atoms with Crippen molar-refractivity contribution < 1.29 is 53.7 Å². The lowest BCUT2D eigenvalue weighted by atomic mass is 9.97. The Hall–Kier alpha value is -6.68. The van der Waals surface area contributed by atoms with Crippen molar-refractivity contribution in [3.63, 3.8) is 0 Å². The molecule has 0 spiro atoms. The Morgan fingerprint density at radius 2 is 1.23 bits per heavy atom. The first-order valence-corrected chi connectivity index (χ1v) is 19.8. The lowest BCUT2D eigenvalue weighted by molar-refractivity contribution is -0.147. The molecule has 1 aliphatic heterocycles. The van der Waals surface area contributed by atoms with Gasteiger partial charge in [0.1, 0.15) is 36.3 Å². The third-order valence-corrected chi connectivity index (χ3v) is 10.1. The quantitative estimate of drug-likeness (QED) is 0.0441. The van der Waals surface area contributed by atoms with E-state index in [1.54, 1.807) is 38.1 Å². The van der Waals surface area contributed by atoms with Crippen molar-refractivity contribution in [1.82, 2.24) is 57.2 Å². The minimum Gasteiger partial charge on any atom is -0.481 e. The Kier molecular flexibility index (Phi) is 17.9.